The summed E-state index contributed by atoms with van der Waals surface area (Å²) in [5.41, 5.74) is 0.284. The fraction of sp³-hybridized carbons (Fsp3) is 0.947. The second-order valence-corrected chi connectivity index (χ2v) is 8.96. The SMILES string of the molecule is C[C@]12CCCCC1C(O)C[C@@H]1[C@H]2CC[C@]2(C)C(=O)CC[C@@H]12. The molecule has 2 unspecified atom stereocenters. The molecular formula is C19H30O2. The lowest BCUT2D eigenvalue weighted by atomic mass is 9.45. The molecule has 4 rings (SSSR count). The van der Waals surface area contributed by atoms with Gasteiger partial charge in [-0.15, -0.1) is 0 Å². The molecule has 4 aliphatic carbocycles. The normalized spacial score (nSPS) is 56.5. The van der Waals surface area contributed by atoms with Crippen molar-refractivity contribution in [3.8, 4) is 0 Å². The zero-order valence-corrected chi connectivity index (χ0v) is 13.6. The molecule has 0 aliphatic heterocycles. The lowest BCUT2D eigenvalue weighted by molar-refractivity contribution is -0.159. The van der Waals surface area contributed by atoms with Gasteiger partial charge in [-0.05, 0) is 67.6 Å². The Morgan fingerprint density at radius 1 is 1.00 bits per heavy atom. The van der Waals surface area contributed by atoms with Crippen molar-refractivity contribution in [2.45, 2.75) is 77.7 Å². The summed E-state index contributed by atoms with van der Waals surface area (Å²) in [6.07, 6.45) is 10.2. The van der Waals surface area contributed by atoms with E-state index in [1.807, 2.05) is 0 Å². The molecule has 0 saturated heterocycles. The molecule has 0 bridgehead atoms. The highest BCUT2D eigenvalue weighted by molar-refractivity contribution is 5.87. The summed E-state index contributed by atoms with van der Waals surface area (Å²) < 4.78 is 0. The van der Waals surface area contributed by atoms with Crippen LogP contribution in [0.5, 0.6) is 0 Å². The molecule has 0 radical (unpaired) electrons. The first kappa shape index (κ1) is 14.2. The van der Waals surface area contributed by atoms with Gasteiger partial charge in [-0.25, -0.2) is 0 Å². The maximum absolute atomic E-state index is 12.4. The van der Waals surface area contributed by atoms with Crippen molar-refractivity contribution >= 4 is 5.78 Å². The number of hydrogen-bond acceptors (Lipinski definition) is 2. The number of Topliss-reactive ketones (excluding diaryl/α,β-unsaturated/α-hetero) is 1. The highest BCUT2D eigenvalue weighted by Crippen LogP contribution is 2.65. The first-order valence-electron chi connectivity index (χ1n) is 9.18. The molecule has 0 spiro atoms. The van der Waals surface area contributed by atoms with Gasteiger partial charge in [0, 0.05) is 11.8 Å². The lowest BCUT2D eigenvalue weighted by Gasteiger charge is -2.60. The van der Waals surface area contributed by atoms with Crippen LogP contribution in [0.4, 0.5) is 0 Å². The van der Waals surface area contributed by atoms with E-state index in [1.54, 1.807) is 0 Å². The summed E-state index contributed by atoms with van der Waals surface area (Å²) in [4.78, 5) is 12.4. The lowest BCUT2D eigenvalue weighted by Crippen LogP contribution is -2.57. The van der Waals surface area contributed by atoms with Gasteiger partial charge in [0.15, 0.2) is 0 Å². The molecule has 118 valence electrons. The molecule has 7 atom stereocenters. The van der Waals surface area contributed by atoms with E-state index >= 15 is 0 Å². The molecule has 0 aromatic carbocycles. The maximum Gasteiger partial charge on any atom is 0.139 e. The molecule has 2 nitrogen and oxygen atoms in total. The smallest absolute Gasteiger partial charge is 0.139 e. The third-order valence-corrected chi connectivity index (χ3v) is 8.30. The quantitative estimate of drug-likeness (QED) is 0.733. The second-order valence-electron chi connectivity index (χ2n) is 8.96. The van der Waals surface area contributed by atoms with Crippen molar-refractivity contribution in [2.24, 2.45) is 34.5 Å². The molecule has 4 fully saturated rings. The Morgan fingerprint density at radius 2 is 1.81 bits per heavy atom. The Labute approximate surface area is 128 Å². The highest BCUT2D eigenvalue weighted by Gasteiger charge is 2.61. The second kappa shape index (κ2) is 4.57. The molecule has 21 heavy (non-hydrogen) atoms. The van der Waals surface area contributed by atoms with Gasteiger partial charge in [-0.2, -0.15) is 0 Å². The van der Waals surface area contributed by atoms with Gasteiger partial charge in [-0.1, -0.05) is 26.7 Å². The van der Waals surface area contributed by atoms with E-state index in [4.69, 9.17) is 0 Å². The Kier molecular flexibility index (Phi) is 3.10. The summed E-state index contributed by atoms with van der Waals surface area (Å²) in [6, 6.07) is 0. The topological polar surface area (TPSA) is 37.3 Å². The van der Waals surface area contributed by atoms with E-state index in [1.165, 1.54) is 32.1 Å². The summed E-state index contributed by atoms with van der Waals surface area (Å²) >= 11 is 0. The summed E-state index contributed by atoms with van der Waals surface area (Å²) in [5.74, 6) is 2.95. The number of rotatable bonds is 0. The van der Waals surface area contributed by atoms with Crippen LogP contribution in [0.1, 0.15) is 71.6 Å². The Balaban J connectivity index is 1.69. The standard InChI is InChI=1S/C19H30O2/c1-18-9-4-3-5-15(18)16(20)11-12-13-6-7-17(21)19(13,2)10-8-14(12)18/h12-16,20H,3-11H2,1-2H3/t12-,13-,14+,15?,16?,18+,19-/m0/s1. The first-order chi connectivity index (χ1) is 9.97. The van der Waals surface area contributed by atoms with Crippen molar-refractivity contribution < 1.29 is 9.90 Å². The minimum absolute atomic E-state index is 0.0568. The van der Waals surface area contributed by atoms with Crippen LogP contribution in [-0.2, 0) is 4.79 Å². The number of carbonyl (C=O) groups excluding carboxylic acids is 1. The zero-order valence-electron chi connectivity index (χ0n) is 13.6. The number of fused-ring (bicyclic) bond motifs is 5. The van der Waals surface area contributed by atoms with Gasteiger partial charge >= 0.3 is 0 Å². The van der Waals surface area contributed by atoms with Crippen LogP contribution >= 0.6 is 0 Å². The van der Waals surface area contributed by atoms with Crippen molar-refractivity contribution in [3.05, 3.63) is 0 Å². The molecular weight excluding hydrogens is 260 g/mol. The summed E-state index contributed by atoms with van der Waals surface area (Å²) in [6.45, 7) is 4.70. The van der Waals surface area contributed by atoms with Crippen LogP contribution in [0.25, 0.3) is 0 Å². The first-order valence-corrected chi connectivity index (χ1v) is 9.18. The van der Waals surface area contributed by atoms with E-state index in [0.29, 0.717) is 29.0 Å². The maximum atomic E-state index is 12.4. The molecule has 0 amide bonds. The summed E-state index contributed by atoms with van der Waals surface area (Å²) in [5, 5.41) is 10.8. The van der Waals surface area contributed by atoms with Gasteiger partial charge in [0.1, 0.15) is 5.78 Å². The van der Waals surface area contributed by atoms with Gasteiger partial charge in [0.25, 0.3) is 0 Å². The Bertz CT molecular complexity index is 458. The number of aliphatic hydroxyl groups excluding tert-OH is 1. The fourth-order valence-corrected chi connectivity index (χ4v) is 7.13. The molecule has 0 heterocycles. The number of carbonyl (C=O) groups is 1. The van der Waals surface area contributed by atoms with E-state index in [2.05, 4.69) is 13.8 Å². The van der Waals surface area contributed by atoms with Crippen LogP contribution < -0.4 is 0 Å². The minimum Gasteiger partial charge on any atom is -0.393 e. The predicted molar refractivity (Wildman–Crippen MR) is 82.7 cm³/mol. The van der Waals surface area contributed by atoms with Gasteiger partial charge in [0.05, 0.1) is 6.10 Å². The van der Waals surface area contributed by atoms with E-state index < -0.39 is 0 Å². The molecule has 4 saturated carbocycles. The van der Waals surface area contributed by atoms with Crippen molar-refractivity contribution in [2.75, 3.05) is 0 Å². The van der Waals surface area contributed by atoms with Crippen LogP contribution in [-0.4, -0.2) is 17.0 Å². The molecule has 2 heteroatoms. The van der Waals surface area contributed by atoms with Crippen LogP contribution in [0.2, 0.25) is 0 Å². The van der Waals surface area contributed by atoms with E-state index in [9.17, 15) is 9.90 Å². The third kappa shape index (κ3) is 1.77. The molecule has 0 aromatic heterocycles. The monoisotopic (exact) mass is 290 g/mol. The van der Waals surface area contributed by atoms with E-state index in [0.717, 1.165) is 31.6 Å². The highest BCUT2D eigenvalue weighted by atomic mass is 16.3. The molecule has 4 aliphatic rings. The molecule has 0 aromatic rings. The average molecular weight is 290 g/mol. The third-order valence-electron chi connectivity index (χ3n) is 8.30. The number of aliphatic hydroxyl groups is 1. The number of hydrogen-bond donors (Lipinski definition) is 1. The van der Waals surface area contributed by atoms with Crippen molar-refractivity contribution in [1.29, 1.82) is 0 Å². The van der Waals surface area contributed by atoms with Crippen molar-refractivity contribution in [3.63, 3.8) is 0 Å². The van der Waals surface area contributed by atoms with Crippen LogP contribution in [0, 0.1) is 34.5 Å². The zero-order chi connectivity index (χ0) is 14.8. The Hall–Kier alpha value is -0.370. The van der Waals surface area contributed by atoms with Gasteiger partial charge in [-0.3, -0.25) is 4.79 Å². The number of ketones is 1. The average Bonchev–Trinajstić information content (AvgIpc) is 2.75. The molecule has 1 N–H and O–H groups in total. The predicted octanol–water partition coefficient (Wildman–Crippen LogP) is 3.96. The van der Waals surface area contributed by atoms with Crippen LogP contribution in [0.3, 0.4) is 0 Å². The Morgan fingerprint density at radius 3 is 2.62 bits per heavy atom. The summed E-state index contributed by atoms with van der Waals surface area (Å²) in [7, 11) is 0. The van der Waals surface area contributed by atoms with Crippen molar-refractivity contribution in [1.82, 2.24) is 0 Å². The largest absolute Gasteiger partial charge is 0.393 e. The van der Waals surface area contributed by atoms with Crippen LogP contribution in [0.15, 0.2) is 0 Å². The van der Waals surface area contributed by atoms with Gasteiger partial charge in [0.2, 0.25) is 0 Å². The fourth-order valence-electron chi connectivity index (χ4n) is 7.13. The minimum atomic E-state index is -0.116. The van der Waals surface area contributed by atoms with E-state index in [-0.39, 0.29) is 11.5 Å². The van der Waals surface area contributed by atoms with Gasteiger partial charge < -0.3 is 5.11 Å².